The smallest absolute Gasteiger partial charge is 0.251 e. The molecule has 1 fully saturated rings. The predicted octanol–water partition coefficient (Wildman–Crippen LogP) is 5.45. The Bertz CT molecular complexity index is 1060. The Morgan fingerprint density at radius 1 is 1.12 bits per heavy atom. The Balaban J connectivity index is 1.37. The van der Waals surface area contributed by atoms with E-state index in [2.05, 4.69) is 59.8 Å². The third-order valence-corrected chi connectivity index (χ3v) is 7.66. The lowest BCUT2D eigenvalue weighted by Crippen LogP contribution is -2.24. The molecule has 2 heterocycles. The Labute approximate surface area is 199 Å². The van der Waals surface area contributed by atoms with Crippen LogP contribution in [-0.2, 0) is 16.0 Å². The fourth-order valence-corrected chi connectivity index (χ4v) is 5.74. The number of anilines is 1. The maximum atomic E-state index is 12.8. The molecule has 0 saturated carbocycles. The molecule has 1 unspecified atom stereocenters. The zero-order valence-electron chi connectivity index (χ0n) is 19.6. The molecule has 6 nitrogen and oxygen atoms in total. The average molecular weight is 468 g/mol. The van der Waals surface area contributed by atoms with Crippen LogP contribution in [0, 0.1) is 0 Å². The summed E-state index contributed by atoms with van der Waals surface area (Å²) in [5.41, 5.74) is 2.97. The summed E-state index contributed by atoms with van der Waals surface area (Å²) in [6, 6.07) is 18.2. The van der Waals surface area contributed by atoms with Gasteiger partial charge >= 0.3 is 0 Å². The number of nitrogens with zero attached hydrogens (tertiary/aromatic N) is 2. The molecule has 1 saturated heterocycles. The standard InChI is InChI=1S/C26H33N3O3S/c1-26(2,3)23-19-31-28-24(23)29-16-17-32-33(29)22-14-9-13-21(18-22)25(30)27-15-8-7-12-20-10-5-4-6-11-20/h4-6,9-11,13-14,18-19,33H,7-8,12,15-17H2,1-3H3,(H,27,30). The normalized spacial score (nSPS) is 17.3. The second-order valence-corrected chi connectivity index (χ2v) is 11.1. The molecule has 33 heavy (non-hydrogen) atoms. The molecule has 1 aliphatic heterocycles. The molecule has 7 heteroatoms. The van der Waals surface area contributed by atoms with Crippen LogP contribution in [0.25, 0.3) is 0 Å². The van der Waals surface area contributed by atoms with Crippen molar-refractivity contribution >= 4 is 23.1 Å². The van der Waals surface area contributed by atoms with Gasteiger partial charge in [-0.15, -0.1) is 0 Å². The largest absolute Gasteiger partial charge is 0.362 e. The number of nitrogens with one attached hydrogen (secondary N) is 1. The number of thiol groups is 1. The molecule has 0 bridgehead atoms. The lowest BCUT2D eigenvalue weighted by atomic mass is 9.89. The minimum absolute atomic E-state index is 0.0471. The summed E-state index contributed by atoms with van der Waals surface area (Å²) in [5.74, 6) is 0.786. The highest BCUT2D eigenvalue weighted by atomic mass is 32.2. The van der Waals surface area contributed by atoms with Gasteiger partial charge in [-0.2, -0.15) is 0 Å². The van der Waals surface area contributed by atoms with E-state index in [1.54, 1.807) is 6.26 Å². The summed E-state index contributed by atoms with van der Waals surface area (Å²) in [5, 5.41) is 7.34. The van der Waals surface area contributed by atoms with Crippen molar-refractivity contribution in [3.05, 3.63) is 77.6 Å². The van der Waals surface area contributed by atoms with Crippen LogP contribution in [0.4, 0.5) is 5.82 Å². The van der Waals surface area contributed by atoms with E-state index in [1.807, 2.05) is 30.3 Å². The van der Waals surface area contributed by atoms with Crippen molar-refractivity contribution in [3.63, 3.8) is 0 Å². The number of carbonyl (C=O) groups is 1. The van der Waals surface area contributed by atoms with Crippen molar-refractivity contribution in [2.75, 3.05) is 24.0 Å². The highest BCUT2D eigenvalue weighted by Crippen LogP contribution is 2.49. The van der Waals surface area contributed by atoms with Crippen LogP contribution in [0.2, 0.25) is 0 Å². The molecule has 0 aliphatic carbocycles. The fraction of sp³-hybridized carbons (Fsp3) is 0.385. The van der Waals surface area contributed by atoms with Gasteiger partial charge in [-0.1, -0.05) is 62.3 Å². The van der Waals surface area contributed by atoms with E-state index in [0.717, 1.165) is 42.1 Å². The lowest BCUT2D eigenvalue weighted by Gasteiger charge is -2.29. The van der Waals surface area contributed by atoms with Crippen molar-refractivity contribution in [2.24, 2.45) is 0 Å². The van der Waals surface area contributed by atoms with Gasteiger partial charge in [0, 0.05) is 22.6 Å². The van der Waals surface area contributed by atoms with Crippen LogP contribution in [0.1, 0.15) is 55.1 Å². The van der Waals surface area contributed by atoms with Gasteiger partial charge in [-0.05, 0) is 59.8 Å². The molecular formula is C26H33N3O3S. The van der Waals surface area contributed by atoms with Crippen LogP contribution in [0.3, 0.4) is 0 Å². The predicted molar refractivity (Wildman–Crippen MR) is 134 cm³/mol. The maximum Gasteiger partial charge on any atom is 0.251 e. The van der Waals surface area contributed by atoms with E-state index in [1.165, 1.54) is 5.56 Å². The molecule has 1 N–H and O–H groups in total. The van der Waals surface area contributed by atoms with E-state index >= 15 is 0 Å². The van der Waals surface area contributed by atoms with E-state index in [9.17, 15) is 4.79 Å². The molecule has 4 rings (SSSR count). The van der Waals surface area contributed by atoms with Crippen molar-refractivity contribution in [2.45, 2.75) is 50.3 Å². The first-order valence-electron chi connectivity index (χ1n) is 11.5. The van der Waals surface area contributed by atoms with Gasteiger partial charge in [0.15, 0.2) is 5.82 Å². The van der Waals surface area contributed by atoms with E-state index in [-0.39, 0.29) is 11.3 Å². The van der Waals surface area contributed by atoms with E-state index < -0.39 is 11.4 Å². The summed E-state index contributed by atoms with van der Waals surface area (Å²) in [7, 11) is 0. The fourth-order valence-electron chi connectivity index (χ4n) is 3.88. The third kappa shape index (κ3) is 5.78. The second-order valence-electron chi connectivity index (χ2n) is 9.28. The SMILES string of the molecule is CC(C)(C)c1conc1N1CCO[SH]1c1cccc(C(=O)NCCCCc2ccccc2)c1. The molecule has 176 valence electrons. The van der Waals surface area contributed by atoms with Gasteiger partial charge in [0.25, 0.3) is 5.91 Å². The summed E-state index contributed by atoms with van der Waals surface area (Å²) < 4.78 is 13.6. The van der Waals surface area contributed by atoms with E-state index in [4.69, 9.17) is 8.71 Å². The van der Waals surface area contributed by atoms with Crippen molar-refractivity contribution < 1.29 is 13.5 Å². The number of unbranched alkanes of at least 4 members (excludes halogenated alkanes) is 1. The minimum atomic E-state index is -1.07. The molecular weight excluding hydrogens is 434 g/mol. The zero-order chi connectivity index (χ0) is 23.3. The number of hydrogen-bond donors (Lipinski definition) is 2. The monoisotopic (exact) mass is 467 g/mol. The quantitative estimate of drug-likeness (QED) is 0.341. The summed E-state index contributed by atoms with van der Waals surface area (Å²) in [6.45, 7) is 8.48. The molecule has 0 radical (unpaired) electrons. The highest BCUT2D eigenvalue weighted by molar-refractivity contribution is 8.14. The van der Waals surface area contributed by atoms with Crippen LogP contribution < -0.4 is 9.62 Å². The van der Waals surface area contributed by atoms with Crippen LogP contribution in [0.15, 0.2) is 70.3 Å². The summed E-state index contributed by atoms with van der Waals surface area (Å²) in [6.07, 6.45) is 4.75. The van der Waals surface area contributed by atoms with Gasteiger partial charge in [0.05, 0.1) is 13.2 Å². The number of aryl methyl sites for hydroxylation is 1. The minimum Gasteiger partial charge on any atom is -0.362 e. The molecule has 2 aromatic carbocycles. The first kappa shape index (κ1) is 23.4. The Hall–Kier alpha value is -2.77. The van der Waals surface area contributed by atoms with Gasteiger partial charge in [0.2, 0.25) is 0 Å². The Kier molecular flexibility index (Phi) is 7.40. The molecule has 1 atom stereocenters. The number of amides is 1. The first-order valence-corrected chi connectivity index (χ1v) is 12.7. The summed E-state index contributed by atoms with van der Waals surface area (Å²) in [4.78, 5) is 13.8. The highest BCUT2D eigenvalue weighted by Gasteiger charge is 2.32. The van der Waals surface area contributed by atoms with Crippen molar-refractivity contribution in [3.8, 4) is 0 Å². The van der Waals surface area contributed by atoms with Crippen molar-refractivity contribution in [1.82, 2.24) is 10.5 Å². The molecule has 3 aromatic rings. The summed E-state index contributed by atoms with van der Waals surface area (Å²) >= 11 is -1.07. The molecule has 1 aliphatic rings. The third-order valence-electron chi connectivity index (χ3n) is 5.69. The van der Waals surface area contributed by atoms with Gasteiger partial charge < -0.3 is 14.0 Å². The Morgan fingerprint density at radius 3 is 2.73 bits per heavy atom. The van der Waals surface area contributed by atoms with Gasteiger partial charge in [-0.3, -0.25) is 9.10 Å². The molecule has 1 aromatic heterocycles. The number of carbonyl (C=O) groups excluding carboxylic acids is 1. The van der Waals surface area contributed by atoms with Crippen LogP contribution in [-0.4, -0.2) is 30.8 Å². The van der Waals surface area contributed by atoms with Crippen LogP contribution >= 0.6 is 11.4 Å². The van der Waals surface area contributed by atoms with E-state index in [0.29, 0.717) is 18.7 Å². The van der Waals surface area contributed by atoms with Crippen molar-refractivity contribution in [1.29, 1.82) is 0 Å². The zero-order valence-corrected chi connectivity index (χ0v) is 20.5. The lowest BCUT2D eigenvalue weighted by molar-refractivity contribution is 0.0953. The number of benzene rings is 2. The maximum absolute atomic E-state index is 12.8. The van der Waals surface area contributed by atoms with Gasteiger partial charge in [-0.25, -0.2) is 0 Å². The number of hydrogen-bond acceptors (Lipinski definition) is 5. The molecule has 0 spiro atoms. The van der Waals surface area contributed by atoms with Crippen LogP contribution in [0.5, 0.6) is 0 Å². The Morgan fingerprint density at radius 2 is 1.94 bits per heavy atom. The topological polar surface area (TPSA) is 67.6 Å². The molecule has 1 amide bonds. The van der Waals surface area contributed by atoms with Gasteiger partial charge in [0.1, 0.15) is 6.26 Å². The number of rotatable bonds is 8. The first-order chi connectivity index (χ1) is 15.9. The second kappa shape index (κ2) is 10.4. The number of aromatic nitrogens is 1. The average Bonchev–Trinajstić information content (AvgIpc) is 3.49.